The summed E-state index contributed by atoms with van der Waals surface area (Å²) in [6.45, 7) is -0.0526. The smallest absolute Gasteiger partial charge is 0.383 e. The van der Waals surface area contributed by atoms with E-state index in [-0.39, 0.29) is 24.3 Å². The molecule has 1 rings (SSSR count). The quantitative estimate of drug-likeness (QED) is 0.683. The molecular formula is C8H11F3N4O. The highest BCUT2D eigenvalue weighted by atomic mass is 19.4. The number of anilines is 1. The topological polar surface area (TPSA) is 83.8 Å². The Bertz CT molecular complexity index is 360. The molecule has 0 spiro atoms. The molecule has 0 unspecified atom stereocenters. The number of rotatable bonds is 4. The average Bonchev–Trinajstić information content (AvgIpc) is 2.57. The van der Waals surface area contributed by atoms with Crippen LogP contribution in [-0.4, -0.2) is 28.8 Å². The van der Waals surface area contributed by atoms with Gasteiger partial charge in [0.05, 0.1) is 6.20 Å². The van der Waals surface area contributed by atoms with Gasteiger partial charge in [-0.25, -0.2) is 0 Å². The fourth-order valence-corrected chi connectivity index (χ4v) is 1.06. The molecule has 8 heteroatoms. The van der Waals surface area contributed by atoms with Crippen LogP contribution in [0, 0.1) is 0 Å². The molecule has 0 atom stereocenters. The minimum atomic E-state index is -4.20. The molecule has 0 aliphatic heterocycles. The Labute approximate surface area is 89.2 Å². The summed E-state index contributed by atoms with van der Waals surface area (Å²) in [6, 6.07) is 0. The highest BCUT2D eigenvalue weighted by Gasteiger charge is 2.26. The first-order chi connectivity index (χ1) is 7.40. The molecule has 1 aromatic heterocycles. The van der Waals surface area contributed by atoms with E-state index in [1.807, 2.05) is 0 Å². The molecule has 0 bridgehead atoms. The summed E-state index contributed by atoms with van der Waals surface area (Å²) >= 11 is 0. The van der Waals surface area contributed by atoms with Gasteiger partial charge in [-0.1, -0.05) is 0 Å². The molecule has 0 saturated heterocycles. The van der Waals surface area contributed by atoms with Gasteiger partial charge in [-0.15, -0.1) is 0 Å². The van der Waals surface area contributed by atoms with Crippen molar-refractivity contribution in [2.75, 3.05) is 12.3 Å². The number of aromatic amines is 1. The Morgan fingerprint density at radius 3 is 2.75 bits per heavy atom. The minimum Gasteiger partial charge on any atom is -0.383 e. The number of nitrogens with one attached hydrogen (secondary N) is 2. The van der Waals surface area contributed by atoms with Crippen molar-refractivity contribution in [3.05, 3.63) is 11.8 Å². The van der Waals surface area contributed by atoms with Gasteiger partial charge in [0.2, 0.25) is 0 Å². The van der Waals surface area contributed by atoms with Crippen LogP contribution in [0.25, 0.3) is 0 Å². The van der Waals surface area contributed by atoms with Crippen LogP contribution >= 0.6 is 0 Å². The summed E-state index contributed by atoms with van der Waals surface area (Å²) in [4.78, 5) is 11.3. The maximum absolute atomic E-state index is 11.8. The average molecular weight is 236 g/mol. The number of hydrogen-bond acceptors (Lipinski definition) is 3. The summed E-state index contributed by atoms with van der Waals surface area (Å²) in [7, 11) is 0. The lowest BCUT2D eigenvalue weighted by Gasteiger charge is -2.06. The van der Waals surface area contributed by atoms with Crippen LogP contribution < -0.4 is 11.1 Å². The lowest BCUT2D eigenvalue weighted by atomic mass is 10.2. The number of carbonyl (C=O) groups is 1. The van der Waals surface area contributed by atoms with Gasteiger partial charge in [0, 0.05) is 13.0 Å². The molecule has 1 amide bonds. The van der Waals surface area contributed by atoms with Gasteiger partial charge >= 0.3 is 6.18 Å². The number of nitrogen functional groups attached to an aromatic ring is 1. The van der Waals surface area contributed by atoms with Crippen LogP contribution in [0.5, 0.6) is 0 Å². The number of aromatic nitrogens is 2. The second-order valence-electron chi connectivity index (χ2n) is 3.17. The highest BCUT2D eigenvalue weighted by Crippen LogP contribution is 2.20. The van der Waals surface area contributed by atoms with Crippen molar-refractivity contribution in [2.24, 2.45) is 0 Å². The fraction of sp³-hybridized carbons (Fsp3) is 0.500. The Balaban J connectivity index is 2.29. The van der Waals surface area contributed by atoms with Crippen LogP contribution in [0.2, 0.25) is 0 Å². The fourth-order valence-electron chi connectivity index (χ4n) is 1.06. The Kier molecular flexibility index (Phi) is 3.75. The predicted octanol–water partition coefficient (Wildman–Crippen LogP) is 1.06. The molecule has 90 valence electrons. The number of H-pyrrole nitrogens is 1. The Morgan fingerprint density at radius 1 is 1.56 bits per heavy atom. The first-order valence-corrected chi connectivity index (χ1v) is 4.54. The zero-order valence-electron chi connectivity index (χ0n) is 8.27. The van der Waals surface area contributed by atoms with E-state index in [1.54, 1.807) is 0 Å². The largest absolute Gasteiger partial charge is 0.389 e. The van der Waals surface area contributed by atoms with Gasteiger partial charge in [0.15, 0.2) is 0 Å². The maximum atomic E-state index is 11.8. The third kappa shape index (κ3) is 3.79. The molecule has 5 nitrogen and oxygen atoms in total. The van der Waals surface area contributed by atoms with Crippen molar-refractivity contribution in [3.63, 3.8) is 0 Å². The summed E-state index contributed by atoms with van der Waals surface area (Å²) in [5.74, 6) is -0.443. The van der Waals surface area contributed by atoms with Crippen LogP contribution in [-0.2, 0) is 0 Å². The van der Waals surface area contributed by atoms with E-state index in [0.29, 0.717) is 0 Å². The molecule has 0 radical (unpaired) electrons. The molecule has 16 heavy (non-hydrogen) atoms. The number of carbonyl (C=O) groups excluding carboxylic acids is 1. The zero-order valence-corrected chi connectivity index (χ0v) is 8.27. The molecule has 4 N–H and O–H groups in total. The van der Waals surface area contributed by atoms with Crippen LogP contribution in [0.3, 0.4) is 0 Å². The highest BCUT2D eigenvalue weighted by molar-refractivity contribution is 5.97. The first kappa shape index (κ1) is 12.3. The summed E-state index contributed by atoms with van der Waals surface area (Å²) in [5, 5.41) is 8.19. The number of amides is 1. The van der Waals surface area contributed by atoms with Crippen LogP contribution in [0.15, 0.2) is 6.20 Å². The second kappa shape index (κ2) is 4.86. The van der Waals surface area contributed by atoms with E-state index < -0.39 is 18.5 Å². The standard InChI is InChI=1S/C8H11F3N4O/c9-8(10,11)2-1-3-13-7(16)5-4-14-15-6(5)12/h4H,1-3H2,(H,13,16)(H3,12,14,15). The van der Waals surface area contributed by atoms with E-state index in [9.17, 15) is 18.0 Å². The molecular weight excluding hydrogens is 225 g/mol. The second-order valence-corrected chi connectivity index (χ2v) is 3.17. The SMILES string of the molecule is Nc1[nH]ncc1C(=O)NCCCC(F)(F)F. The third-order valence-corrected chi connectivity index (χ3v) is 1.84. The Morgan fingerprint density at radius 2 is 2.25 bits per heavy atom. The van der Waals surface area contributed by atoms with Crippen molar-refractivity contribution >= 4 is 11.7 Å². The van der Waals surface area contributed by atoms with Crippen LogP contribution in [0.1, 0.15) is 23.2 Å². The van der Waals surface area contributed by atoms with Gasteiger partial charge in [-0.05, 0) is 6.42 Å². The zero-order chi connectivity index (χ0) is 12.2. The number of nitrogens with two attached hydrogens (primary N) is 1. The van der Waals surface area contributed by atoms with E-state index in [1.165, 1.54) is 6.20 Å². The summed E-state index contributed by atoms with van der Waals surface area (Å²) < 4.78 is 35.3. The van der Waals surface area contributed by atoms with Gasteiger partial charge in [0.1, 0.15) is 11.4 Å². The van der Waals surface area contributed by atoms with Crippen molar-refractivity contribution < 1.29 is 18.0 Å². The predicted molar refractivity (Wildman–Crippen MR) is 50.6 cm³/mol. The maximum Gasteiger partial charge on any atom is 0.389 e. The van der Waals surface area contributed by atoms with Crippen molar-refractivity contribution in [3.8, 4) is 0 Å². The van der Waals surface area contributed by atoms with E-state index in [2.05, 4.69) is 15.5 Å². The summed E-state index contributed by atoms with van der Waals surface area (Å²) in [6.07, 6.45) is -4.06. The van der Waals surface area contributed by atoms with Crippen molar-refractivity contribution in [2.45, 2.75) is 19.0 Å². The molecule has 1 heterocycles. The van der Waals surface area contributed by atoms with E-state index >= 15 is 0 Å². The number of hydrogen-bond donors (Lipinski definition) is 3. The van der Waals surface area contributed by atoms with Gasteiger partial charge < -0.3 is 11.1 Å². The van der Waals surface area contributed by atoms with Crippen molar-refractivity contribution in [1.29, 1.82) is 0 Å². The van der Waals surface area contributed by atoms with Crippen molar-refractivity contribution in [1.82, 2.24) is 15.5 Å². The van der Waals surface area contributed by atoms with E-state index in [0.717, 1.165) is 0 Å². The third-order valence-electron chi connectivity index (χ3n) is 1.84. The Hall–Kier alpha value is -1.73. The van der Waals surface area contributed by atoms with E-state index in [4.69, 9.17) is 5.73 Å². The van der Waals surface area contributed by atoms with Crippen LogP contribution in [0.4, 0.5) is 19.0 Å². The van der Waals surface area contributed by atoms with Gasteiger partial charge in [0.25, 0.3) is 5.91 Å². The van der Waals surface area contributed by atoms with Gasteiger partial charge in [-0.3, -0.25) is 9.89 Å². The normalized spacial score (nSPS) is 11.4. The number of halogens is 3. The van der Waals surface area contributed by atoms with Gasteiger partial charge in [-0.2, -0.15) is 18.3 Å². The molecule has 0 aliphatic rings. The molecule has 0 aromatic carbocycles. The first-order valence-electron chi connectivity index (χ1n) is 4.54. The lowest BCUT2D eigenvalue weighted by Crippen LogP contribution is -2.25. The lowest BCUT2D eigenvalue weighted by molar-refractivity contribution is -0.135. The molecule has 1 aromatic rings. The molecule has 0 fully saturated rings. The minimum absolute atomic E-state index is 0.0526. The monoisotopic (exact) mass is 236 g/mol. The summed E-state index contributed by atoms with van der Waals surface area (Å²) in [5.41, 5.74) is 5.49. The molecule has 0 aliphatic carbocycles. The number of nitrogens with zero attached hydrogens (tertiary/aromatic N) is 1. The molecule has 0 saturated carbocycles. The number of alkyl halides is 3.